The Hall–Kier alpha value is -4.91. The highest BCUT2D eigenvalue weighted by molar-refractivity contribution is 7.89. The molecule has 2 aliphatic heterocycles. The SMILES string of the molecule is COc1ccc(CN(C(=O)OC(C)(C)C)c2cccc(C[C@H]3C(=O)N(C(=O)N4CCC[C@H](c5ccccc5)C4)[C@@H]3C(=O)NS(C)(=O)=O)c2)cc1. The first-order chi connectivity index (χ1) is 23.6. The summed E-state index contributed by atoms with van der Waals surface area (Å²) in [4.78, 5) is 58.3. The van der Waals surface area contributed by atoms with Gasteiger partial charge < -0.3 is 14.4 Å². The molecule has 50 heavy (non-hydrogen) atoms. The Bertz CT molecular complexity index is 1830. The lowest BCUT2D eigenvalue weighted by molar-refractivity contribution is -0.157. The standard InChI is InChI=1S/C37H44N4O8S/c1-37(2,3)49-36(45)40(23-25-16-18-30(48-4)19-17-25)29-15-9-11-26(21-29)22-31-32(33(42)38-50(5,46)47)41(34(31)43)35(44)39-20-10-14-28(24-39)27-12-7-6-8-13-27/h6-9,11-13,15-19,21,28,31-32H,10,14,20,22-24H2,1-5H3,(H,38,42)/t28-,31+,32-/m0/s1. The minimum atomic E-state index is -3.98. The zero-order valence-corrected chi connectivity index (χ0v) is 29.8. The summed E-state index contributed by atoms with van der Waals surface area (Å²) >= 11 is 0. The van der Waals surface area contributed by atoms with Gasteiger partial charge in [0, 0.05) is 24.7 Å². The van der Waals surface area contributed by atoms with E-state index in [9.17, 15) is 27.6 Å². The van der Waals surface area contributed by atoms with Crippen LogP contribution in [0.25, 0.3) is 0 Å². The van der Waals surface area contributed by atoms with Gasteiger partial charge in [-0.05, 0) is 81.0 Å². The number of anilines is 1. The van der Waals surface area contributed by atoms with Crippen molar-refractivity contribution in [2.24, 2.45) is 5.92 Å². The van der Waals surface area contributed by atoms with Crippen molar-refractivity contribution in [2.45, 2.75) is 64.1 Å². The van der Waals surface area contributed by atoms with Gasteiger partial charge in [0.1, 0.15) is 17.4 Å². The number of β-lactam (4-membered cyclic amide) rings is 1. The van der Waals surface area contributed by atoms with E-state index >= 15 is 0 Å². The molecule has 266 valence electrons. The zero-order valence-electron chi connectivity index (χ0n) is 29.0. The second kappa shape index (κ2) is 14.9. The van der Waals surface area contributed by atoms with E-state index < -0.39 is 51.5 Å². The maximum atomic E-state index is 13.8. The fourth-order valence-electron chi connectivity index (χ4n) is 6.40. The number of sulfonamides is 1. The average molecular weight is 705 g/mol. The lowest BCUT2D eigenvalue weighted by Gasteiger charge is -2.47. The number of likely N-dealkylation sites (tertiary alicyclic amines) is 2. The Labute approximate surface area is 293 Å². The number of carbonyl (C=O) groups excluding carboxylic acids is 4. The molecule has 0 aliphatic carbocycles. The number of hydrogen-bond acceptors (Lipinski definition) is 8. The predicted octanol–water partition coefficient (Wildman–Crippen LogP) is 5.08. The van der Waals surface area contributed by atoms with Crippen molar-refractivity contribution in [2.75, 3.05) is 31.4 Å². The van der Waals surface area contributed by atoms with Gasteiger partial charge in [-0.3, -0.25) is 24.1 Å². The molecule has 2 saturated heterocycles. The molecule has 3 atom stereocenters. The summed E-state index contributed by atoms with van der Waals surface area (Å²) in [6.45, 7) is 6.27. The first-order valence-electron chi connectivity index (χ1n) is 16.5. The summed E-state index contributed by atoms with van der Waals surface area (Å²) in [6.07, 6.45) is 1.88. The van der Waals surface area contributed by atoms with E-state index in [1.54, 1.807) is 69.2 Å². The van der Waals surface area contributed by atoms with Crippen LogP contribution in [0.4, 0.5) is 15.3 Å². The summed E-state index contributed by atoms with van der Waals surface area (Å²) in [6, 6.07) is 22.1. The van der Waals surface area contributed by atoms with Crippen molar-refractivity contribution in [1.29, 1.82) is 0 Å². The lowest BCUT2D eigenvalue weighted by atomic mass is 9.81. The molecular formula is C37H44N4O8S. The van der Waals surface area contributed by atoms with Gasteiger partial charge in [0.15, 0.2) is 0 Å². The normalized spacial score (nSPS) is 19.3. The third-order valence-electron chi connectivity index (χ3n) is 8.73. The van der Waals surface area contributed by atoms with Crippen LogP contribution in [0, 0.1) is 5.92 Å². The second-order valence-electron chi connectivity index (χ2n) is 13.8. The van der Waals surface area contributed by atoms with Crippen LogP contribution in [0.1, 0.15) is 56.2 Å². The molecule has 0 unspecified atom stereocenters. The number of nitrogens with one attached hydrogen (secondary N) is 1. The van der Waals surface area contributed by atoms with Crippen molar-refractivity contribution >= 4 is 39.6 Å². The number of benzene rings is 3. The Morgan fingerprint density at radius 1 is 0.960 bits per heavy atom. The first kappa shape index (κ1) is 36.4. The van der Waals surface area contributed by atoms with Gasteiger partial charge in [0.05, 0.1) is 25.8 Å². The Balaban J connectivity index is 1.39. The highest BCUT2D eigenvalue weighted by atomic mass is 32.2. The van der Waals surface area contributed by atoms with Crippen LogP contribution in [0.2, 0.25) is 0 Å². The van der Waals surface area contributed by atoms with Crippen LogP contribution in [0.3, 0.4) is 0 Å². The van der Waals surface area contributed by atoms with Gasteiger partial charge >= 0.3 is 12.1 Å². The molecule has 3 aromatic carbocycles. The van der Waals surface area contributed by atoms with Crippen LogP contribution in [0.5, 0.6) is 5.75 Å². The van der Waals surface area contributed by atoms with Crippen LogP contribution in [-0.4, -0.2) is 80.3 Å². The summed E-state index contributed by atoms with van der Waals surface area (Å²) in [5, 5.41) is 0. The summed E-state index contributed by atoms with van der Waals surface area (Å²) in [7, 11) is -2.41. The van der Waals surface area contributed by atoms with Crippen molar-refractivity contribution in [3.8, 4) is 5.75 Å². The molecule has 0 saturated carbocycles. The smallest absolute Gasteiger partial charge is 0.415 e. The van der Waals surface area contributed by atoms with Crippen molar-refractivity contribution in [1.82, 2.24) is 14.5 Å². The molecule has 3 aromatic rings. The lowest BCUT2D eigenvalue weighted by Crippen LogP contribution is -2.71. The van der Waals surface area contributed by atoms with Crippen molar-refractivity contribution < 1.29 is 37.1 Å². The van der Waals surface area contributed by atoms with Crippen LogP contribution in [-0.2, 0) is 37.3 Å². The number of rotatable bonds is 9. The largest absolute Gasteiger partial charge is 0.497 e. The van der Waals surface area contributed by atoms with Gasteiger partial charge in [0.25, 0.3) is 5.91 Å². The average Bonchev–Trinajstić information content (AvgIpc) is 3.07. The molecule has 13 heteroatoms. The summed E-state index contributed by atoms with van der Waals surface area (Å²) in [5.41, 5.74) is 2.23. The number of carbonyl (C=O) groups is 4. The predicted molar refractivity (Wildman–Crippen MR) is 188 cm³/mol. The molecule has 0 spiro atoms. The minimum Gasteiger partial charge on any atom is -0.497 e. The van der Waals surface area contributed by atoms with Gasteiger partial charge in [-0.2, -0.15) is 0 Å². The van der Waals surface area contributed by atoms with Crippen LogP contribution < -0.4 is 14.4 Å². The molecule has 5 amide bonds. The molecule has 0 bridgehead atoms. The zero-order chi connectivity index (χ0) is 36.2. The van der Waals surface area contributed by atoms with Gasteiger partial charge in [-0.1, -0.05) is 54.6 Å². The Morgan fingerprint density at radius 3 is 2.30 bits per heavy atom. The maximum absolute atomic E-state index is 13.8. The molecule has 0 radical (unpaired) electrons. The molecule has 1 N–H and O–H groups in total. The van der Waals surface area contributed by atoms with Gasteiger partial charge in [0.2, 0.25) is 15.9 Å². The third kappa shape index (κ3) is 8.81. The molecule has 2 fully saturated rings. The topological polar surface area (TPSA) is 143 Å². The number of nitrogens with zero attached hydrogens (tertiary/aromatic N) is 3. The number of piperidine rings is 1. The molecule has 2 aliphatic rings. The number of amides is 5. The number of urea groups is 1. The quantitative estimate of drug-likeness (QED) is 0.304. The van der Waals surface area contributed by atoms with Crippen LogP contribution >= 0.6 is 0 Å². The van der Waals surface area contributed by atoms with Crippen LogP contribution in [0.15, 0.2) is 78.9 Å². The maximum Gasteiger partial charge on any atom is 0.415 e. The van der Waals surface area contributed by atoms with E-state index in [2.05, 4.69) is 0 Å². The van der Waals surface area contributed by atoms with Gasteiger partial charge in [-0.25, -0.2) is 18.0 Å². The Morgan fingerprint density at radius 2 is 1.66 bits per heavy atom. The van der Waals surface area contributed by atoms with E-state index in [1.165, 1.54) is 4.90 Å². The molecular weight excluding hydrogens is 660 g/mol. The molecule has 2 heterocycles. The monoisotopic (exact) mass is 704 g/mol. The van der Waals surface area contributed by atoms with Crippen molar-refractivity contribution in [3.63, 3.8) is 0 Å². The number of ether oxygens (including phenoxy) is 2. The molecule has 12 nitrogen and oxygen atoms in total. The van der Waals surface area contributed by atoms with Crippen molar-refractivity contribution in [3.05, 3.63) is 95.6 Å². The summed E-state index contributed by atoms with van der Waals surface area (Å²) in [5.74, 6) is -1.80. The Kier molecular flexibility index (Phi) is 10.8. The minimum absolute atomic E-state index is 0.0234. The van der Waals surface area contributed by atoms with E-state index in [0.717, 1.165) is 28.7 Å². The number of hydrogen-bond donors (Lipinski definition) is 1. The van der Waals surface area contributed by atoms with Gasteiger partial charge in [-0.15, -0.1) is 0 Å². The third-order valence-corrected chi connectivity index (χ3v) is 9.30. The first-order valence-corrected chi connectivity index (χ1v) is 18.4. The fourth-order valence-corrected chi connectivity index (χ4v) is 6.89. The second-order valence-corrected chi connectivity index (χ2v) is 15.5. The van der Waals surface area contributed by atoms with E-state index in [0.29, 0.717) is 36.5 Å². The highest BCUT2D eigenvalue weighted by Crippen LogP contribution is 2.35. The van der Waals surface area contributed by atoms with E-state index in [1.807, 2.05) is 47.2 Å². The molecule has 5 rings (SSSR count). The summed E-state index contributed by atoms with van der Waals surface area (Å²) < 4.78 is 37.1. The number of imide groups is 1. The van der Waals surface area contributed by atoms with E-state index in [4.69, 9.17) is 9.47 Å². The fraction of sp³-hybridized carbons (Fsp3) is 0.405. The molecule has 0 aromatic heterocycles. The van der Waals surface area contributed by atoms with E-state index in [-0.39, 0.29) is 18.9 Å². The highest BCUT2D eigenvalue weighted by Gasteiger charge is 2.56. The number of methoxy groups -OCH3 is 1.